The Morgan fingerprint density at radius 3 is 2.79 bits per heavy atom. The van der Waals surface area contributed by atoms with E-state index in [2.05, 4.69) is 10.4 Å². The maximum absolute atomic E-state index is 14.1. The summed E-state index contributed by atoms with van der Waals surface area (Å²) in [6, 6.07) is 4.01. The Balaban J connectivity index is 2.27. The largest absolute Gasteiger partial charge is 0.337 e. The molecule has 1 aromatic heterocycles. The van der Waals surface area contributed by atoms with Crippen molar-refractivity contribution in [2.45, 2.75) is 25.9 Å². The highest BCUT2D eigenvalue weighted by Gasteiger charge is 2.26. The van der Waals surface area contributed by atoms with Gasteiger partial charge in [-0.25, -0.2) is 4.39 Å². The standard InChI is InChI=1S/C17H22ClFN4O/c1-4-8-23(11-13-14(18)6-5-7-15(13)19)17(24)16(20-2)12-9-21-22(3)10-12/h5-7,9-10,16,20H,4,8,11H2,1-3H3. The number of benzene rings is 1. The van der Waals surface area contributed by atoms with E-state index in [0.717, 1.165) is 12.0 Å². The van der Waals surface area contributed by atoms with Gasteiger partial charge in [0, 0.05) is 35.9 Å². The van der Waals surface area contributed by atoms with Crippen LogP contribution in [0.25, 0.3) is 0 Å². The SMILES string of the molecule is CCCN(Cc1c(F)cccc1Cl)C(=O)C(NC)c1cnn(C)c1. The van der Waals surface area contributed by atoms with Crippen molar-refractivity contribution in [3.05, 3.63) is 52.6 Å². The summed E-state index contributed by atoms with van der Waals surface area (Å²) in [4.78, 5) is 14.6. The molecule has 1 heterocycles. The minimum atomic E-state index is -0.532. The van der Waals surface area contributed by atoms with Gasteiger partial charge in [-0.1, -0.05) is 24.6 Å². The fourth-order valence-electron chi connectivity index (χ4n) is 2.62. The summed E-state index contributed by atoms with van der Waals surface area (Å²) in [6.07, 6.45) is 4.21. The molecule has 1 N–H and O–H groups in total. The lowest BCUT2D eigenvalue weighted by atomic mass is 10.1. The van der Waals surface area contributed by atoms with E-state index in [4.69, 9.17) is 11.6 Å². The quantitative estimate of drug-likeness (QED) is 0.833. The summed E-state index contributed by atoms with van der Waals surface area (Å²) < 4.78 is 15.7. The van der Waals surface area contributed by atoms with E-state index in [1.54, 1.807) is 48.2 Å². The van der Waals surface area contributed by atoms with Crippen LogP contribution in [-0.2, 0) is 18.4 Å². The van der Waals surface area contributed by atoms with E-state index in [-0.39, 0.29) is 12.5 Å². The van der Waals surface area contributed by atoms with Crippen molar-refractivity contribution in [1.82, 2.24) is 20.0 Å². The topological polar surface area (TPSA) is 50.2 Å². The monoisotopic (exact) mass is 352 g/mol. The van der Waals surface area contributed by atoms with Gasteiger partial charge in [-0.15, -0.1) is 0 Å². The van der Waals surface area contributed by atoms with Gasteiger partial charge in [-0.3, -0.25) is 9.48 Å². The summed E-state index contributed by atoms with van der Waals surface area (Å²) in [7, 11) is 3.51. The number of aryl methyl sites for hydroxylation is 1. The fraction of sp³-hybridized carbons (Fsp3) is 0.412. The molecule has 0 bridgehead atoms. The van der Waals surface area contributed by atoms with Crippen molar-refractivity contribution in [2.24, 2.45) is 7.05 Å². The molecule has 2 rings (SSSR count). The first-order valence-electron chi connectivity index (χ1n) is 7.85. The third kappa shape index (κ3) is 4.13. The molecule has 2 aromatic rings. The van der Waals surface area contributed by atoms with Crippen LogP contribution in [0, 0.1) is 5.82 Å². The third-order valence-electron chi connectivity index (χ3n) is 3.81. The number of carbonyl (C=O) groups excluding carboxylic acids is 1. The highest BCUT2D eigenvalue weighted by atomic mass is 35.5. The van der Waals surface area contributed by atoms with Gasteiger partial charge in [0.1, 0.15) is 11.9 Å². The first-order valence-corrected chi connectivity index (χ1v) is 8.23. The Morgan fingerprint density at radius 1 is 1.50 bits per heavy atom. The van der Waals surface area contributed by atoms with Crippen molar-refractivity contribution >= 4 is 17.5 Å². The summed E-state index contributed by atoms with van der Waals surface area (Å²) in [5, 5.41) is 7.45. The van der Waals surface area contributed by atoms with Crippen molar-refractivity contribution in [3.8, 4) is 0 Å². The third-order valence-corrected chi connectivity index (χ3v) is 4.16. The summed E-state index contributed by atoms with van der Waals surface area (Å²) in [5.74, 6) is -0.537. The normalized spacial score (nSPS) is 12.2. The van der Waals surface area contributed by atoms with Crippen LogP contribution in [0.1, 0.15) is 30.5 Å². The molecular formula is C17H22ClFN4O. The van der Waals surface area contributed by atoms with Crippen LogP contribution in [0.15, 0.2) is 30.6 Å². The molecule has 0 saturated heterocycles. The van der Waals surface area contributed by atoms with E-state index < -0.39 is 11.9 Å². The number of rotatable bonds is 7. The molecule has 1 unspecified atom stereocenters. The molecule has 0 aliphatic carbocycles. The predicted octanol–water partition coefficient (Wildman–Crippen LogP) is 2.91. The van der Waals surface area contributed by atoms with Crippen LogP contribution in [0.5, 0.6) is 0 Å². The molecule has 7 heteroatoms. The molecule has 24 heavy (non-hydrogen) atoms. The van der Waals surface area contributed by atoms with Gasteiger partial charge in [-0.2, -0.15) is 5.10 Å². The van der Waals surface area contributed by atoms with Crippen molar-refractivity contribution < 1.29 is 9.18 Å². The Bertz CT molecular complexity index is 683. The number of hydrogen-bond acceptors (Lipinski definition) is 3. The molecule has 0 fully saturated rings. The maximum Gasteiger partial charge on any atom is 0.244 e. The Labute approximate surface area is 146 Å². The Hall–Kier alpha value is -1.92. The summed E-state index contributed by atoms with van der Waals surface area (Å²) >= 11 is 6.11. The maximum atomic E-state index is 14.1. The number of aromatic nitrogens is 2. The van der Waals surface area contributed by atoms with Gasteiger partial charge >= 0.3 is 0 Å². The smallest absolute Gasteiger partial charge is 0.244 e. The molecular weight excluding hydrogens is 331 g/mol. The Morgan fingerprint density at radius 2 is 2.25 bits per heavy atom. The lowest BCUT2D eigenvalue weighted by molar-refractivity contribution is -0.134. The molecule has 0 aliphatic heterocycles. The molecule has 0 aliphatic rings. The fourth-order valence-corrected chi connectivity index (χ4v) is 2.84. The molecule has 0 saturated carbocycles. The first-order chi connectivity index (χ1) is 11.5. The number of hydrogen-bond donors (Lipinski definition) is 1. The average molecular weight is 353 g/mol. The van der Waals surface area contributed by atoms with E-state index >= 15 is 0 Å². The molecule has 5 nitrogen and oxygen atoms in total. The average Bonchev–Trinajstić information content (AvgIpc) is 2.97. The number of halogens is 2. The minimum Gasteiger partial charge on any atom is -0.337 e. The van der Waals surface area contributed by atoms with Crippen LogP contribution in [0.2, 0.25) is 5.02 Å². The van der Waals surface area contributed by atoms with E-state index in [9.17, 15) is 9.18 Å². The van der Waals surface area contributed by atoms with Gasteiger partial charge in [-0.05, 0) is 25.6 Å². The summed E-state index contributed by atoms with van der Waals surface area (Å²) in [5.41, 5.74) is 1.10. The lowest BCUT2D eigenvalue weighted by Gasteiger charge is -2.27. The van der Waals surface area contributed by atoms with Gasteiger partial charge < -0.3 is 10.2 Å². The Kier molecular flexibility index (Phi) is 6.34. The first kappa shape index (κ1) is 18.4. The molecule has 130 valence electrons. The number of nitrogens with zero attached hydrogens (tertiary/aromatic N) is 3. The molecule has 1 atom stereocenters. The van der Waals surface area contributed by atoms with Crippen LogP contribution < -0.4 is 5.32 Å². The second-order valence-electron chi connectivity index (χ2n) is 5.63. The van der Waals surface area contributed by atoms with Gasteiger partial charge in [0.05, 0.1) is 12.7 Å². The van der Waals surface area contributed by atoms with Gasteiger partial charge in [0.2, 0.25) is 5.91 Å². The van der Waals surface area contributed by atoms with E-state index in [0.29, 0.717) is 17.1 Å². The van der Waals surface area contributed by atoms with Crippen LogP contribution >= 0.6 is 11.6 Å². The van der Waals surface area contributed by atoms with Crippen LogP contribution in [0.4, 0.5) is 4.39 Å². The number of likely N-dealkylation sites (N-methyl/N-ethyl adjacent to an activating group) is 1. The van der Waals surface area contributed by atoms with Crippen molar-refractivity contribution in [1.29, 1.82) is 0 Å². The van der Waals surface area contributed by atoms with E-state index in [1.165, 1.54) is 6.07 Å². The van der Waals surface area contributed by atoms with E-state index in [1.807, 2.05) is 6.92 Å². The molecule has 0 spiro atoms. The zero-order chi connectivity index (χ0) is 17.7. The van der Waals surface area contributed by atoms with Crippen LogP contribution in [0.3, 0.4) is 0 Å². The zero-order valence-electron chi connectivity index (χ0n) is 14.1. The zero-order valence-corrected chi connectivity index (χ0v) is 14.8. The predicted molar refractivity (Wildman–Crippen MR) is 92.1 cm³/mol. The van der Waals surface area contributed by atoms with Crippen molar-refractivity contribution in [3.63, 3.8) is 0 Å². The number of amides is 1. The highest BCUT2D eigenvalue weighted by molar-refractivity contribution is 6.31. The number of carbonyl (C=O) groups is 1. The molecule has 1 aromatic carbocycles. The van der Waals surface area contributed by atoms with Gasteiger partial charge in [0.15, 0.2) is 0 Å². The van der Waals surface area contributed by atoms with Crippen LogP contribution in [-0.4, -0.2) is 34.2 Å². The minimum absolute atomic E-state index is 0.133. The van der Waals surface area contributed by atoms with Gasteiger partial charge in [0.25, 0.3) is 0 Å². The molecule has 1 amide bonds. The lowest BCUT2D eigenvalue weighted by Crippen LogP contribution is -2.40. The van der Waals surface area contributed by atoms with Crippen molar-refractivity contribution in [2.75, 3.05) is 13.6 Å². The second-order valence-corrected chi connectivity index (χ2v) is 6.04. The number of nitrogens with one attached hydrogen (secondary N) is 1. The highest BCUT2D eigenvalue weighted by Crippen LogP contribution is 2.23. The second kappa shape index (κ2) is 8.26. The molecule has 0 radical (unpaired) electrons. The summed E-state index contributed by atoms with van der Waals surface area (Å²) in [6.45, 7) is 2.63.